The second-order valence-corrected chi connectivity index (χ2v) is 7.65. The molecule has 1 heterocycles. The first-order chi connectivity index (χ1) is 5.11. The number of aliphatic imine (C=N–C) groups is 1. The zero-order valence-corrected chi connectivity index (χ0v) is 9.21. The van der Waals surface area contributed by atoms with Gasteiger partial charge in [0.25, 0.3) is 0 Å². The minimum atomic E-state index is 0.409. The maximum absolute atomic E-state index is 4.43. The van der Waals surface area contributed by atoms with Crippen molar-refractivity contribution in [3.63, 3.8) is 0 Å². The van der Waals surface area contributed by atoms with Crippen molar-refractivity contribution in [2.24, 2.45) is 4.99 Å². The standard InChI is InChI=1S/C8H16NS2/c1-6(2)11-5-9-7(3)10-8(11)4/h5-8H,1-4H3. The molecule has 0 aromatic heterocycles. The van der Waals surface area contributed by atoms with E-state index in [-0.39, 0.29) is 0 Å². The number of nitrogens with zero attached hydrogens (tertiary/aromatic N) is 1. The third-order valence-corrected chi connectivity index (χ3v) is 5.83. The molecule has 0 saturated carbocycles. The quantitative estimate of drug-likeness (QED) is 0.619. The minimum absolute atomic E-state index is 0.409. The number of hydrogen-bond donors (Lipinski definition) is 0. The molecule has 1 aliphatic heterocycles. The highest BCUT2D eigenvalue weighted by molar-refractivity contribution is 8.36. The molecule has 1 nitrogen and oxygen atoms in total. The molecule has 65 valence electrons. The van der Waals surface area contributed by atoms with Gasteiger partial charge in [-0.3, -0.25) is 4.99 Å². The van der Waals surface area contributed by atoms with Gasteiger partial charge in [-0.25, -0.2) is 0 Å². The van der Waals surface area contributed by atoms with Crippen molar-refractivity contribution in [3.8, 4) is 0 Å². The monoisotopic (exact) mass is 190 g/mol. The molecule has 3 heteroatoms. The van der Waals surface area contributed by atoms with E-state index >= 15 is 0 Å². The van der Waals surface area contributed by atoms with Crippen LogP contribution in [0.4, 0.5) is 0 Å². The van der Waals surface area contributed by atoms with Crippen LogP contribution in [0.15, 0.2) is 4.99 Å². The first-order valence-electron chi connectivity index (χ1n) is 4.00. The highest BCUT2D eigenvalue weighted by Gasteiger charge is 2.22. The van der Waals surface area contributed by atoms with E-state index in [9.17, 15) is 0 Å². The largest absolute Gasteiger partial charge is 0.273 e. The third-order valence-electron chi connectivity index (χ3n) is 1.71. The molecule has 0 fully saturated rings. The fourth-order valence-corrected chi connectivity index (χ4v) is 5.20. The Morgan fingerprint density at radius 2 is 2.09 bits per heavy atom. The van der Waals surface area contributed by atoms with Crippen LogP contribution in [-0.4, -0.2) is 20.8 Å². The average Bonchev–Trinajstić information content (AvgIpc) is 1.85. The van der Waals surface area contributed by atoms with Gasteiger partial charge in [0.15, 0.2) is 0 Å². The molecule has 1 aliphatic rings. The van der Waals surface area contributed by atoms with Gasteiger partial charge in [0.2, 0.25) is 0 Å². The van der Waals surface area contributed by atoms with Crippen LogP contribution in [0.5, 0.6) is 0 Å². The van der Waals surface area contributed by atoms with E-state index in [0.29, 0.717) is 16.3 Å². The fourth-order valence-electron chi connectivity index (χ4n) is 1.12. The van der Waals surface area contributed by atoms with Crippen molar-refractivity contribution in [2.45, 2.75) is 42.9 Å². The second kappa shape index (κ2) is 3.85. The molecule has 0 aromatic rings. The predicted molar refractivity (Wildman–Crippen MR) is 57.7 cm³/mol. The second-order valence-electron chi connectivity index (χ2n) is 3.01. The van der Waals surface area contributed by atoms with Crippen molar-refractivity contribution in [1.82, 2.24) is 0 Å². The normalized spacial score (nSPS) is 33.2. The van der Waals surface area contributed by atoms with Gasteiger partial charge in [0, 0.05) is 10.1 Å². The molecule has 0 aliphatic carbocycles. The van der Waals surface area contributed by atoms with Gasteiger partial charge in [0.1, 0.15) is 0 Å². The van der Waals surface area contributed by atoms with Gasteiger partial charge in [0.05, 0.1) is 5.37 Å². The molecular weight excluding hydrogens is 174 g/mol. The molecule has 0 bridgehead atoms. The van der Waals surface area contributed by atoms with E-state index in [1.165, 1.54) is 0 Å². The van der Waals surface area contributed by atoms with Gasteiger partial charge in [-0.05, 0) is 19.1 Å². The maximum Gasteiger partial charge on any atom is 0.0939 e. The lowest BCUT2D eigenvalue weighted by Gasteiger charge is -2.31. The number of hydrogen-bond acceptors (Lipinski definition) is 2. The van der Waals surface area contributed by atoms with Crippen molar-refractivity contribution in [1.29, 1.82) is 0 Å². The summed E-state index contributed by atoms with van der Waals surface area (Å²) in [6, 6.07) is 0. The maximum atomic E-state index is 4.43. The zero-order valence-electron chi connectivity index (χ0n) is 7.57. The van der Waals surface area contributed by atoms with Crippen LogP contribution in [0.3, 0.4) is 0 Å². The molecule has 0 aromatic carbocycles. The van der Waals surface area contributed by atoms with Crippen LogP contribution in [0.25, 0.3) is 0 Å². The molecule has 11 heavy (non-hydrogen) atoms. The van der Waals surface area contributed by atoms with Crippen LogP contribution >= 0.6 is 22.7 Å². The summed E-state index contributed by atoms with van der Waals surface area (Å²) in [6.45, 7) is 9.04. The summed E-state index contributed by atoms with van der Waals surface area (Å²) >= 11 is 1.99. The summed E-state index contributed by atoms with van der Waals surface area (Å²) in [5.41, 5.74) is 2.18. The molecule has 1 radical (unpaired) electrons. The molecule has 0 N–H and O–H groups in total. The Kier molecular flexibility index (Phi) is 3.31. The summed E-state index contributed by atoms with van der Waals surface area (Å²) in [5, 5.41) is 1.24. The molecular formula is C8H16NS2. The first-order valence-corrected chi connectivity index (χ1v) is 6.36. The van der Waals surface area contributed by atoms with Gasteiger partial charge in [-0.1, -0.05) is 13.8 Å². The summed E-state index contributed by atoms with van der Waals surface area (Å²) < 4.78 is 0.766. The van der Waals surface area contributed by atoms with E-state index in [0.717, 1.165) is 9.83 Å². The van der Waals surface area contributed by atoms with Gasteiger partial charge in [-0.2, -0.15) is 10.9 Å². The lowest BCUT2D eigenvalue weighted by atomic mass is 10.6. The highest BCUT2D eigenvalue weighted by atomic mass is 32.2. The van der Waals surface area contributed by atoms with Crippen molar-refractivity contribution in [2.75, 3.05) is 0 Å². The molecule has 0 amide bonds. The Morgan fingerprint density at radius 3 is 2.55 bits per heavy atom. The average molecular weight is 190 g/mol. The van der Waals surface area contributed by atoms with Crippen LogP contribution in [0.2, 0.25) is 0 Å². The molecule has 1 rings (SSSR count). The zero-order chi connectivity index (χ0) is 8.43. The molecule has 2 atom stereocenters. The Balaban J connectivity index is 2.61. The summed E-state index contributed by atoms with van der Waals surface area (Å²) in [5.74, 6) is 0. The number of thioether (sulfide) groups is 1. The Hall–Kier alpha value is 0.370. The first kappa shape index (κ1) is 9.46. The SMILES string of the molecule is CC1N=C[S](C(C)C)C(C)S1. The lowest BCUT2D eigenvalue weighted by Crippen LogP contribution is -2.16. The lowest BCUT2D eigenvalue weighted by molar-refractivity contribution is 1.04. The summed E-state index contributed by atoms with van der Waals surface area (Å²) in [6.07, 6.45) is 0. The van der Waals surface area contributed by atoms with E-state index in [1.54, 1.807) is 0 Å². The molecule has 0 saturated heterocycles. The van der Waals surface area contributed by atoms with E-state index < -0.39 is 0 Å². The molecule has 0 spiro atoms. The Bertz CT molecular complexity index is 156. The van der Waals surface area contributed by atoms with E-state index in [4.69, 9.17) is 0 Å². The topological polar surface area (TPSA) is 12.4 Å². The van der Waals surface area contributed by atoms with Crippen LogP contribution in [0.1, 0.15) is 27.7 Å². The van der Waals surface area contributed by atoms with Crippen LogP contribution in [-0.2, 0) is 0 Å². The van der Waals surface area contributed by atoms with Crippen molar-refractivity contribution in [3.05, 3.63) is 0 Å². The van der Waals surface area contributed by atoms with Gasteiger partial charge < -0.3 is 0 Å². The Morgan fingerprint density at radius 1 is 1.45 bits per heavy atom. The number of rotatable bonds is 1. The van der Waals surface area contributed by atoms with Gasteiger partial charge >= 0.3 is 0 Å². The predicted octanol–water partition coefficient (Wildman–Crippen LogP) is 3.13. The van der Waals surface area contributed by atoms with Crippen molar-refractivity contribution >= 4 is 28.2 Å². The fraction of sp³-hybridized carbons (Fsp3) is 0.875. The Labute approximate surface area is 76.4 Å². The summed E-state index contributed by atoms with van der Waals surface area (Å²) in [7, 11) is 0.409. The third kappa shape index (κ3) is 2.41. The molecule has 2 unspecified atom stereocenters. The van der Waals surface area contributed by atoms with Crippen LogP contribution in [0, 0.1) is 0 Å². The van der Waals surface area contributed by atoms with Crippen LogP contribution < -0.4 is 0 Å². The smallest absolute Gasteiger partial charge is 0.0939 e. The highest BCUT2D eigenvalue weighted by Crippen LogP contribution is 2.44. The van der Waals surface area contributed by atoms with E-state index in [2.05, 4.69) is 38.2 Å². The van der Waals surface area contributed by atoms with Crippen molar-refractivity contribution < 1.29 is 0 Å². The minimum Gasteiger partial charge on any atom is -0.273 e. The van der Waals surface area contributed by atoms with Gasteiger partial charge in [-0.15, -0.1) is 11.8 Å². The van der Waals surface area contributed by atoms with E-state index in [1.807, 2.05) is 11.8 Å². The summed E-state index contributed by atoms with van der Waals surface area (Å²) in [4.78, 5) is 4.43.